The van der Waals surface area contributed by atoms with E-state index in [1.165, 1.54) is 6.07 Å². The van der Waals surface area contributed by atoms with E-state index < -0.39 is 5.82 Å². The molecule has 0 heterocycles. The molecule has 1 aromatic carbocycles. The average molecular weight is 240 g/mol. The van der Waals surface area contributed by atoms with Crippen molar-refractivity contribution in [1.82, 2.24) is 0 Å². The molecule has 17 heavy (non-hydrogen) atoms. The molecule has 0 bridgehead atoms. The number of anilines is 1. The molecule has 94 valence electrons. The van der Waals surface area contributed by atoms with E-state index in [0.717, 1.165) is 0 Å². The van der Waals surface area contributed by atoms with Gasteiger partial charge in [0.15, 0.2) is 0 Å². The van der Waals surface area contributed by atoms with E-state index in [0.29, 0.717) is 17.9 Å². The predicted octanol–water partition coefficient (Wildman–Crippen LogP) is 1.40. The average Bonchev–Trinajstić information content (AvgIpc) is 2.27. The quantitative estimate of drug-likeness (QED) is 0.602. The molecule has 1 rings (SSSR count). The lowest BCUT2D eigenvalue weighted by molar-refractivity contribution is -0.143. The summed E-state index contributed by atoms with van der Waals surface area (Å²) in [5.41, 5.74) is 11.7. The summed E-state index contributed by atoms with van der Waals surface area (Å²) in [5.74, 6) is -1.20. The first-order valence-corrected chi connectivity index (χ1v) is 5.49. The van der Waals surface area contributed by atoms with Gasteiger partial charge < -0.3 is 16.2 Å². The molecule has 1 aromatic rings. The van der Waals surface area contributed by atoms with Crippen LogP contribution in [0.15, 0.2) is 18.2 Å². The highest BCUT2D eigenvalue weighted by atomic mass is 19.1. The van der Waals surface area contributed by atoms with E-state index >= 15 is 0 Å². The highest BCUT2D eigenvalue weighted by Gasteiger charge is 2.18. The van der Waals surface area contributed by atoms with Crippen molar-refractivity contribution in [3.05, 3.63) is 29.6 Å². The molecule has 0 radical (unpaired) electrons. The summed E-state index contributed by atoms with van der Waals surface area (Å²) >= 11 is 0. The van der Waals surface area contributed by atoms with Crippen LogP contribution < -0.4 is 11.5 Å². The van der Waals surface area contributed by atoms with E-state index in [9.17, 15) is 9.18 Å². The molecule has 0 aromatic heterocycles. The first-order chi connectivity index (χ1) is 8.08. The van der Waals surface area contributed by atoms with Gasteiger partial charge in [0.1, 0.15) is 5.82 Å². The Balaban J connectivity index is 2.82. The summed E-state index contributed by atoms with van der Waals surface area (Å²) in [5, 5.41) is 0. The highest BCUT2D eigenvalue weighted by molar-refractivity contribution is 5.70. The summed E-state index contributed by atoms with van der Waals surface area (Å²) in [6.07, 6.45) is 0.0746. The van der Waals surface area contributed by atoms with E-state index in [-0.39, 0.29) is 24.9 Å². The second-order valence-electron chi connectivity index (χ2n) is 3.72. The molecule has 1 atom stereocenters. The molecule has 0 saturated carbocycles. The van der Waals surface area contributed by atoms with Crippen molar-refractivity contribution in [2.45, 2.75) is 19.3 Å². The molecule has 1 unspecified atom stereocenters. The number of carbonyl (C=O) groups excluding carboxylic acids is 1. The molecule has 4 nitrogen and oxygen atoms in total. The number of ether oxygens (including phenoxy) is 1. The zero-order valence-electron chi connectivity index (χ0n) is 9.78. The third-order valence-corrected chi connectivity index (χ3v) is 2.47. The van der Waals surface area contributed by atoms with Gasteiger partial charge in [-0.05, 0) is 31.2 Å². The first kappa shape index (κ1) is 13.4. The first-order valence-electron chi connectivity index (χ1n) is 5.49. The van der Waals surface area contributed by atoms with Gasteiger partial charge in [0.05, 0.1) is 13.0 Å². The summed E-state index contributed by atoms with van der Waals surface area (Å²) in [6, 6.07) is 4.37. The Labute approximate surface area is 99.7 Å². The van der Waals surface area contributed by atoms with Crippen LogP contribution >= 0.6 is 0 Å². The van der Waals surface area contributed by atoms with E-state index in [1.807, 2.05) is 0 Å². The lowest BCUT2D eigenvalue weighted by Crippen LogP contribution is -2.19. The number of esters is 1. The number of nitrogens with two attached hydrogens (primary N) is 2. The van der Waals surface area contributed by atoms with Gasteiger partial charge in [0.25, 0.3) is 0 Å². The summed E-state index contributed by atoms with van der Waals surface area (Å²) < 4.78 is 18.5. The molecule has 0 amide bonds. The Morgan fingerprint density at radius 3 is 2.76 bits per heavy atom. The third kappa shape index (κ3) is 3.71. The topological polar surface area (TPSA) is 78.3 Å². The maximum Gasteiger partial charge on any atom is 0.306 e. The molecule has 0 saturated heterocycles. The van der Waals surface area contributed by atoms with Crippen LogP contribution in [-0.4, -0.2) is 19.1 Å². The zero-order valence-corrected chi connectivity index (χ0v) is 9.78. The van der Waals surface area contributed by atoms with Gasteiger partial charge in [0.2, 0.25) is 0 Å². The third-order valence-electron chi connectivity index (χ3n) is 2.47. The van der Waals surface area contributed by atoms with Crippen molar-refractivity contribution in [3.63, 3.8) is 0 Å². The number of benzene rings is 1. The minimum atomic E-state index is -0.440. The summed E-state index contributed by atoms with van der Waals surface area (Å²) in [4.78, 5) is 11.3. The van der Waals surface area contributed by atoms with Crippen molar-refractivity contribution in [2.24, 2.45) is 5.73 Å². The molecule has 0 aliphatic carbocycles. The minimum Gasteiger partial charge on any atom is -0.466 e. The number of rotatable bonds is 5. The van der Waals surface area contributed by atoms with Crippen LogP contribution in [0.4, 0.5) is 10.1 Å². The Hall–Kier alpha value is -1.62. The lowest BCUT2D eigenvalue weighted by atomic mass is 9.95. The van der Waals surface area contributed by atoms with Crippen LogP contribution in [0.2, 0.25) is 0 Å². The normalized spacial score (nSPS) is 12.2. The maximum absolute atomic E-state index is 13.6. The highest BCUT2D eigenvalue weighted by Crippen LogP contribution is 2.23. The fourth-order valence-corrected chi connectivity index (χ4v) is 1.62. The predicted molar refractivity (Wildman–Crippen MR) is 63.9 cm³/mol. The van der Waals surface area contributed by atoms with Crippen molar-refractivity contribution >= 4 is 11.7 Å². The van der Waals surface area contributed by atoms with E-state index in [1.54, 1.807) is 19.1 Å². The zero-order chi connectivity index (χ0) is 12.8. The van der Waals surface area contributed by atoms with E-state index in [2.05, 4.69) is 0 Å². The Kier molecular flexibility index (Phi) is 4.90. The van der Waals surface area contributed by atoms with Gasteiger partial charge in [-0.1, -0.05) is 6.07 Å². The lowest BCUT2D eigenvalue weighted by Gasteiger charge is -2.15. The van der Waals surface area contributed by atoms with Crippen LogP contribution in [0, 0.1) is 5.82 Å². The second-order valence-corrected chi connectivity index (χ2v) is 3.72. The Morgan fingerprint density at radius 1 is 1.53 bits per heavy atom. The number of nitrogen functional groups attached to an aromatic ring is 1. The Morgan fingerprint density at radius 2 is 2.24 bits per heavy atom. The van der Waals surface area contributed by atoms with Gasteiger partial charge in [-0.2, -0.15) is 0 Å². The van der Waals surface area contributed by atoms with Crippen LogP contribution in [0.5, 0.6) is 0 Å². The van der Waals surface area contributed by atoms with Crippen molar-refractivity contribution in [2.75, 3.05) is 18.9 Å². The Bertz CT molecular complexity index is 396. The van der Waals surface area contributed by atoms with Gasteiger partial charge in [0, 0.05) is 11.6 Å². The maximum atomic E-state index is 13.6. The van der Waals surface area contributed by atoms with Crippen LogP contribution in [0.25, 0.3) is 0 Å². The molecular formula is C12H17FN2O2. The summed E-state index contributed by atoms with van der Waals surface area (Å²) in [6.45, 7) is 2.21. The largest absolute Gasteiger partial charge is 0.466 e. The van der Waals surface area contributed by atoms with Gasteiger partial charge >= 0.3 is 5.97 Å². The van der Waals surface area contributed by atoms with Crippen LogP contribution in [-0.2, 0) is 9.53 Å². The SMILES string of the molecule is CCOC(=O)CC(CN)c1ccc(N)cc1F. The molecule has 4 N–H and O–H groups in total. The van der Waals surface area contributed by atoms with Gasteiger partial charge in [-0.15, -0.1) is 0 Å². The number of hydrogen-bond acceptors (Lipinski definition) is 4. The van der Waals surface area contributed by atoms with Gasteiger partial charge in [-0.25, -0.2) is 4.39 Å². The molecule has 5 heteroatoms. The van der Waals surface area contributed by atoms with Crippen molar-refractivity contribution in [3.8, 4) is 0 Å². The molecule has 0 spiro atoms. The van der Waals surface area contributed by atoms with Gasteiger partial charge in [-0.3, -0.25) is 4.79 Å². The number of hydrogen-bond donors (Lipinski definition) is 2. The summed E-state index contributed by atoms with van der Waals surface area (Å²) in [7, 11) is 0. The molecule has 0 fully saturated rings. The van der Waals surface area contributed by atoms with E-state index in [4.69, 9.17) is 16.2 Å². The second kappa shape index (κ2) is 6.20. The minimum absolute atomic E-state index is 0.0746. The van der Waals surface area contributed by atoms with Crippen LogP contribution in [0.3, 0.4) is 0 Å². The standard InChI is InChI=1S/C12H17FN2O2/c1-2-17-12(16)5-8(7-14)10-4-3-9(15)6-11(10)13/h3-4,6,8H,2,5,7,14-15H2,1H3. The molecule has 0 aliphatic rings. The fraction of sp³-hybridized carbons (Fsp3) is 0.417. The molecular weight excluding hydrogens is 223 g/mol. The smallest absolute Gasteiger partial charge is 0.306 e. The van der Waals surface area contributed by atoms with Crippen LogP contribution in [0.1, 0.15) is 24.8 Å². The van der Waals surface area contributed by atoms with Crippen molar-refractivity contribution < 1.29 is 13.9 Å². The monoisotopic (exact) mass is 240 g/mol. The number of halogens is 1. The van der Waals surface area contributed by atoms with Crippen molar-refractivity contribution in [1.29, 1.82) is 0 Å². The molecule has 0 aliphatic heterocycles. The fourth-order valence-electron chi connectivity index (χ4n) is 1.62. The number of carbonyl (C=O) groups is 1.